The molecule has 2 rings (SSSR count). The fraction of sp³-hybridized carbons (Fsp3) is 0.0769. The van der Waals surface area contributed by atoms with E-state index < -0.39 is 10.0 Å². The Morgan fingerprint density at radius 2 is 1.75 bits per heavy atom. The Morgan fingerprint density at radius 1 is 1.10 bits per heavy atom. The zero-order chi connectivity index (χ0) is 14.8. The third kappa shape index (κ3) is 3.75. The average Bonchev–Trinajstić information content (AvgIpc) is 2.42. The maximum Gasteiger partial charge on any atom is 0.261 e. The van der Waals surface area contributed by atoms with Gasteiger partial charge in [-0.25, -0.2) is 8.42 Å². The molecule has 0 aliphatic heterocycles. The van der Waals surface area contributed by atoms with E-state index in [0.29, 0.717) is 20.5 Å². The maximum atomic E-state index is 12.3. The predicted octanol–water partition coefficient (Wildman–Crippen LogP) is 4.80. The molecule has 0 fully saturated rings. The van der Waals surface area contributed by atoms with Crippen LogP contribution in [0.15, 0.2) is 51.8 Å². The number of nitrogens with one attached hydrogen (secondary N) is 1. The van der Waals surface area contributed by atoms with Crippen molar-refractivity contribution in [3.63, 3.8) is 0 Å². The van der Waals surface area contributed by atoms with Crippen molar-refractivity contribution in [3.8, 4) is 0 Å². The molecular weight excluding hydrogens is 429 g/mol. The van der Waals surface area contributed by atoms with Crippen LogP contribution in [-0.2, 0) is 15.4 Å². The third-order valence-electron chi connectivity index (χ3n) is 2.56. The lowest BCUT2D eigenvalue weighted by Crippen LogP contribution is -2.13. The number of benzene rings is 2. The van der Waals surface area contributed by atoms with E-state index in [1.165, 1.54) is 0 Å². The summed E-state index contributed by atoms with van der Waals surface area (Å²) in [5.41, 5.74) is 1.45. The Kier molecular flexibility index (Phi) is 5.12. The summed E-state index contributed by atoms with van der Waals surface area (Å²) in [4.78, 5) is 0.212. The topological polar surface area (TPSA) is 46.2 Å². The van der Waals surface area contributed by atoms with Crippen molar-refractivity contribution in [3.05, 3.63) is 57.5 Å². The molecule has 3 nitrogen and oxygen atoms in total. The van der Waals surface area contributed by atoms with Crippen LogP contribution in [0.2, 0.25) is 5.02 Å². The molecule has 0 amide bonds. The van der Waals surface area contributed by atoms with Crippen molar-refractivity contribution in [1.82, 2.24) is 0 Å². The van der Waals surface area contributed by atoms with Gasteiger partial charge >= 0.3 is 0 Å². The Bertz CT molecular complexity index is 718. The lowest BCUT2D eigenvalue weighted by molar-refractivity contribution is 0.601. The van der Waals surface area contributed by atoms with Crippen LogP contribution < -0.4 is 4.72 Å². The Labute approximate surface area is 139 Å². The van der Waals surface area contributed by atoms with Gasteiger partial charge in [-0.2, -0.15) is 0 Å². The van der Waals surface area contributed by atoms with E-state index in [4.69, 9.17) is 11.6 Å². The van der Waals surface area contributed by atoms with Crippen molar-refractivity contribution >= 4 is 59.2 Å². The molecule has 20 heavy (non-hydrogen) atoms. The number of halogens is 3. The van der Waals surface area contributed by atoms with Gasteiger partial charge < -0.3 is 0 Å². The van der Waals surface area contributed by atoms with Gasteiger partial charge in [0.2, 0.25) is 0 Å². The summed E-state index contributed by atoms with van der Waals surface area (Å²) >= 11 is 12.4. The number of hydrogen-bond acceptors (Lipinski definition) is 2. The van der Waals surface area contributed by atoms with E-state index >= 15 is 0 Å². The Hall–Kier alpha value is -0.560. The average molecular weight is 440 g/mol. The summed E-state index contributed by atoms with van der Waals surface area (Å²) in [6.45, 7) is 0. The first-order valence-electron chi connectivity index (χ1n) is 5.55. The summed E-state index contributed by atoms with van der Waals surface area (Å²) in [6, 6.07) is 11.5. The van der Waals surface area contributed by atoms with Gasteiger partial charge in [0.1, 0.15) is 0 Å². The predicted molar refractivity (Wildman–Crippen MR) is 89.0 cm³/mol. The summed E-state index contributed by atoms with van der Waals surface area (Å²) < 4.78 is 27.6. The summed E-state index contributed by atoms with van der Waals surface area (Å²) in [5.74, 6) is 0. The Morgan fingerprint density at radius 3 is 2.30 bits per heavy atom. The molecule has 0 atom stereocenters. The molecule has 2 aromatic rings. The van der Waals surface area contributed by atoms with E-state index in [1.54, 1.807) is 42.5 Å². The molecule has 0 saturated heterocycles. The number of hydrogen-bond donors (Lipinski definition) is 1. The molecule has 0 aliphatic carbocycles. The number of anilines is 1. The molecule has 0 aliphatic rings. The van der Waals surface area contributed by atoms with Crippen LogP contribution in [0.3, 0.4) is 0 Å². The zero-order valence-corrected chi connectivity index (χ0v) is 14.9. The van der Waals surface area contributed by atoms with Crippen molar-refractivity contribution in [1.29, 1.82) is 0 Å². The monoisotopic (exact) mass is 437 g/mol. The lowest BCUT2D eigenvalue weighted by Gasteiger charge is -2.10. The summed E-state index contributed by atoms with van der Waals surface area (Å²) in [7, 11) is -3.61. The maximum absolute atomic E-state index is 12.3. The minimum atomic E-state index is -3.61. The summed E-state index contributed by atoms with van der Waals surface area (Å²) in [5, 5.41) is 1.21. The van der Waals surface area contributed by atoms with Crippen molar-refractivity contribution < 1.29 is 8.42 Å². The number of sulfonamides is 1. The second-order valence-corrected chi connectivity index (χ2v) is 7.54. The minimum Gasteiger partial charge on any atom is -0.278 e. The van der Waals surface area contributed by atoms with Gasteiger partial charge in [-0.1, -0.05) is 39.7 Å². The fourth-order valence-corrected chi connectivity index (χ4v) is 3.90. The van der Waals surface area contributed by atoms with Crippen LogP contribution in [0.4, 0.5) is 5.69 Å². The largest absolute Gasteiger partial charge is 0.278 e. The van der Waals surface area contributed by atoms with Crippen LogP contribution in [0.5, 0.6) is 0 Å². The first kappa shape index (κ1) is 15.8. The number of rotatable bonds is 4. The molecule has 106 valence electrons. The van der Waals surface area contributed by atoms with Gasteiger partial charge in [0.15, 0.2) is 0 Å². The smallest absolute Gasteiger partial charge is 0.261 e. The second-order valence-electron chi connectivity index (χ2n) is 4.01. The van der Waals surface area contributed by atoms with Crippen LogP contribution in [0.25, 0.3) is 0 Å². The normalized spacial score (nSPS) is 11.3. The Balaban J connectivity index is 2.30. The minimum absolute atomic E-state index is 0.212. The third-order valence-corrected chi connectivity index (χ3v) is 5.48. The van der Waals surface area contributed by atoms with Gasteiger partial charge in [-0.05, 0) is 51.8 Å². The highest BCUT2D eigenvalue weighted by Crippen LogP contribution is 2.28. The molecular formula is C13H10Br2ClNO2S. The van der Waals surface area contributed by atoms with Crippen molar-refractivity contribution in [2.75, 3.05) is 4.72 Å². The van der Waals surface area contributed by atoms with Crippen LogP contribution in [0.1, 0.15) is 5.56 Å². The molecule has 0 unspecified atom stereocenters. The van der Waals surface area contributed by atoms with E-state index in [9.17, 15) is 8.42 Å². The second kappa shape index (κ2) is 6.47. The van der Waals surface area contributed by atoms with Crippen LogP contribution in [0, 0.1) is 0 Å². The standard InChI is InChI=1S/C13H10Br2ClNO2S/c14-8-9-1-4-11(5-2-9)20(18,19)17-13-6-3-10(16)7-12(13)15/h1-7,17H,8H2. The highest BCUT2D eigenvalue weighted by atomic mass is 79.9. The molecule has 0 radical (unpaired) electrons. The molecule has 0 bridgehead atoms. The van der Waals surface area contributed by atoms with E-state index in [1.807, 2.05) is 0 Å². The molecule has 2 aromatic carbocycles. The first-order valence-corrected chi connectivity index (χ1v) is 9.33. The zero-order valence-electron chi connectivity index (χ0n) is 10.1. The molecule has 7 heteroatoms. The summed E-state index contributed by atoms with van der Waals surface area (Å²) in [6.07, 6.45) is 0. The SMILES string of the molecule is O=S(=O)(Nc1ccc(Cl)cc1Br)c1ccc(CBr)cc1. The van der Waals surface area contributed by atoms with Crippen molar-refractivity contribution in [2.45, 2.75) is 10.2 Å². The molecule has 0 spiro atoms. The van der Waals surface area contributed by atoms with Crippen LogP contribution >= 0.6 is 43.5 Å². The van der Waals surface area contributed by atoms with Gasteiger partial charge in [0.05, 0.1) is 10.6 Å². The van der Waals surface area contributed by atoms with E-state index in [0.717, 1.165) is 5.56 Å². The van der Waals surface area contributed by atoms with Crippen molar-refractivity contribution in [2.24, 2.45) is 0 Å². The quantitative estimate of drug-likeness (QED) is 0.696. The molecule has 0 aromatic heterocycles. The van der Waals surface area contributed by atoms with Gasteiger partial charge in [-0.15, -0.1) is 0 Å². The highest BCUT2D eigenvalue weighted by molar-refractivity contribution is 9.10. The van der Waals surface area contributed by atoms with Gasteiger partial charge in [0, 0.05) is 14.8 Å². The van der Waals surface area contributed by atoms with Crippen LogP contribution in [-0.4, -0.2) is 8.42 Å². The van der Waals surface area contributed by atoms with E-state index in [-0.39, 0.29) is 4.90 Å². The van der Waals surface area contributed by atoms with E-state index in [2.05, 4.69) is 36.6 Å². The fourth-order valence-electron chi connectivity index (χ4n) is 1.53. The molecule has 0 saturated carbocycles. The van der Waals surface area contributed by atoms with Gasteiger partial charge in [0.25, 0.3) is 10.0 Å². The highest BCUT2D eigenvalue weighted by Gasteiger charge is 2.15. The van der Waals surface area contributed by atoms with Gasteiger partial charge in [-0.3, -0.25) is 4.72 Å². The number of alkyl halides is 1. The molecule has 0 heterocycles. The lowest BCUT2D eigenvalue weighted by atomic mass is 10.2. The first-order chi connectivity index (χ1) is 9.42. The molecule has 1 N–H and O–H groups in total.